The van der Waals surface area contributed by atoms with Crippen molar-refractivity contribution in [2.24, 2.45) is 0 Å². The number of benzene rings is 3. The van der Waals surface area contributed by atoms with Crippen LogP contribution in [0.5, 0.6) is 11.5 Å². The fourth-order valence-electron chi connectivity index (χ4n) is 3.13. The number of carbonyl (C=O) groups is 1. The first-order valence-corrected chi connectivity index (χ1v) is 8.89. The number of nitrogens with one attached hydrogen (secondary N) is 1. The van der Waals surface area contributed by atoms with Crippen molar-refractivity contribution in [2.75, 3.05) is 12.1 Å². The highest BCUT2D eigenvalue weighted by molar-refractivity contribution is 5.92. The summed E-state index contributed by atoms with van der Waals surface area (Å²) in [5.41, 5.74) is 4.00. The van der Waals surface area contributed by atoms with Gasteiger partial charge in [0.05, 0.1) is 6.42 Å². The lowest BCUT2D eigenvalue weighted by Crippen LogP contribution is -2.14. The molecule has 138 valence electrons. The van der Waals surface area contributed by atoms with Crippen molar-refractivity contribution in [1.82, 2.24) is 4.98 Å². The molecule has 6 heteroatoms. The third-order valence-electron chi connectivity index (χ3n) is 4.51. The van der Waals surface area contributed by atoms with Gasteiger partial charge in [0.15, 0.2) is 17.1 Å². The molecule has 5 rings (SSSR count). The monoisotopic (exact) mass is 372 g/mol. The summed E-state index contributed by atoms with van der Waals surface area (Å²) in [7, 11) is 0. The molecular formula is C22H16N2O4. The summed E-state index contributed by atoms with van der Waals surface area (Å²) in [4.78, 5) is 16.8. The summed E-state index contributed by atoms with van der Waals surface area (Å²) in [5, 5.41) is 2.90. The van der Waals surface area contributed by atoms with Crippen LogP contribution >= 0.6 is 0 Å². The fourth-order valence-corrected chi connectivity index (χ4v) is 3.13. The Hall–Kier alpha value is -3.80. The van der Waals surface area contributed by atoms with Crippen molar-refractivity contribution in [2.45, 2.75) is 6.42 Å². The molecule has 0 unspecified atom stereocenters. The number of anilines is 1. The number of amides is 1. The van der Waals surface area contributed by atoms with E-state index in [2.05, 4.69) is 10.3 Å². The Morgan fingerprint density at radius 2 is 1.79 bits per heavy atom. The Balaban J connectivity index is 1.27. The Morgan fingerprint density at radius 1 is 0.964 bits per heavy atom. The highest BCUT2D eigenvalue weighted by Gasteiger charge is 2.14. The second-order valence-corrected chi connectivity index (χ2v) is 6.48. The fraction of sp³-hybridized carbons (Fsp3) is 0.0909. The smallest absolute Gasteiger partial charge is 0.231 e. The molecule has 0 bridgehead atoms. The van der Waals surface area contributed by atoms with Gasteiger partial charge in [0.25, 0.3) is 0 Å². The topological polar surface area (TPSA) is 73.6 Å². The Labute approximate surface area is 160 Å². The molecule has 3 aromatic carbocycles. The van der Waals surface area contributed by atoms with E-state index in [-0.39, 0.29) is 19.1 Å². The van der Waals surface area contributed by atoms with Gasteiger partial charge in [-0.2, -0.15) is 0 Å². The number of oxazole rings is 1. The van der Waals surface area contributed by atoms with Gasteiger partial charge in [0.1, 0.15) is 5.52 Å². The van der Waals surface area contributed by atoms with Crippen LogP contribution in [0.15, 0.2) is 71.1 Å². The number of fused-ring (bicyclic) bond motifs is 2. The minimum Gasteiger partial charge on any atom is -0.454 e. The molecule has 0 fully saturated rings. The zero-order chi connectivity index (χ0) is 18.9. The molecule has 0 saturated heterocycles. The number of nitrogens with zero attached hydrogens (tertiary/aromatic N) is 1. The molecule has 1 aliphatic rings. The normalized spacial score (nSPS) is 12.3. The third kappa shape index (κ3) is 3.16. The van der Waals surface area contributed by atoms with E-state index in [1.165, 1.54) is 0 Å². The first-order chi connectivity index (χ1) is 13.7. The summed E-state index contributed by atoms with van der Waals surface area (Å²) in [6, 6.07) is 20.6. The Bertz CT molecular complexity index is 1130. The molecule has 4 aromatic rings. The first kappa shape index (κ1) is 16.4. The minimum absolute atomic E-state index is 0.103. The van der Waals surface area contributed by atoms with Gasteiger partial charge in [-0.3, -0.25) is 4.79 Å². The molecule has 28 heavy (non-hydrogen) atoms. The van der Waals surface area contributed by atoms with Crippen LogP contribution in [0.1, 0.15) is 5.56 Å². The second-order valence-electron chi connectivity index (χ2n) is 6.48. The van der Waals surface area contributed by atoms with Crippen LogP contribution in [0.3, 0.4) is 0 Å². The Kier molecular flexibility index (Phi) is 3.94. The summed E-state index contributed by atoms with van der Waals surface area (Å²) in [6.45, 7) is 0.220. The van der Waals surface area contributed by atoms with E-state index in [0.29, 0.717) is 23.1 Å². The van der Waals surface area contributed by atoms with E-state index in [4.69, 9.17) is 13.9 Å². The highest BCUT2D eigenvalue weighted by Crippen LogP contribution is 2.32. The van der Waals surface area contributed by atoms with Crippen LogP contribution in [0.2, 0.25) is 0 Å². The predicted molar refractivity (Wildman–Crippen MR) is 104 cm³/mol. The molecule has 0 spiro atoms. The van der Waals surface area contributed by atoms with Crippen LogP contribution in [-0.4, -0.2) is 17.7 Å². The molecule has 6 nitrogen and oxygen atoms in total. The van der Waals surface area contributed by atoms with Gasteiger partial charge in [-0.1, -0.05) is 18.2 Å². The lowest BCUT2D eigenvalue weighted by atomic mass is 10.1. The molecule has 0 radical (unpaired) electrons. The van der Waals surface area contributed by atoms with Gasteiger partial charge in [-0.05, 0) is 54.1 Å². The lowest BCUT2D eigenvalue weighted by molar-refractivity contribution is -0.115. The molecule has 2 heterocycles. The van der Waals surface area contributed by atoms with E-state index in [0.717, 1.165) is 22.2 Å². The molecule has 1 aliphatic heterocycles. The number of rotatable bonds is 4. The van der Waals surface area contributed by atoms with Crippen molar-refractivity contribution in [3.8, 4) is 23.0 Å². The quantitative estimate of drug-likeness (QED) is 0.575. The van der Waals surface area contributed by atoms with E-state index in [1.807, 2.05) is 66.7 Å². The number of hydrogen-bond acceptors (Lipinski definition) is 5. The average Bonchev–Trinajstić information content (AvgIpc) is 3.34. The van der Waals surface area contributed by atoms with E-state index >= 15 is 0 Å². The molecule has 1 amide bonds. The minimum atomic E-state index is -0.103. The lowest BCUT2D eigenvalue weighted by Gasteiger charge is -2.06. The van der Waals surface area contributed by atoms with Gasteiger partial charge in [-0.25, -0.2) is 4.98 Å². The van der Waals surface area contributed by atoms with Crippen molar-refractivity contribution < 1.29 is 18.7 Å². The zero-order valence-corrected chi connectivity index (χ0v) is 14.8. The summed E-state index contributed by atoms with van der Waals surface area (Å²) < 4.78 is 16.4. The van der Waals surface area contributed by atoms with Crippen molar-refractivity contribution in [3.63, 3.8) is 0 Å². The van der Waals surface area contributed by atoms with E-state index in [1.54, 1.807) is 0 Å². The number of ether oxygens (including phenoxy) is 2. The zero-order valence-electron chi connectivity index (χ0n) is 14.8. The van der Waals surface area contributed by atoms with Crippen LogP contribution in [-0.2, 0) is 11.2 Å². The standard InChI is InChI=1S/C22H16N2O4/c25-21(12-14-5-10-19-20(11-14)27-13-26-19)23-16-8-6-15(7-9-16)22-24-17-3-1-2-4-18(17)28-22/h1-11H,12-13H2,(H,23,25). The summed E-state index contributed by atoms with van der Waals surface area (Å²) in [6.07, 6.45) is 0.253. The summed E-state index contributed by atoms with van der Waals surface area (Å²) >= 11 is 0. The van der Waals surface area contributed by atoms with Crippen LogP contribution < -0.4 is 14.8 Å². The third-order valence-corrected chi connectivity index (χ3v) is 4.51. The van der Waals surface area contributed by atoms with Crippen molar-refractivity contribution in [3.05, 3.63) is 72.3 Å². The molecular weight excluding hydrogens is 356 g/mol. The maximum atomic E-state index is 12.3. The average molecular weight is 372 g/mol. The predicted octanol–water partition coefficient (Wildman–Crippen LogP) is 4.40. The highest BCUT2D eigenvalue weighted by atomic mass is 16.7. The number of aromatic nitrogens is 1. The van der Waals surface area contributed by atoms with Crippen LogP contribution in [0.4, 0.5) is 5.69 Å². The Morgan fingerprint density at radius 3 is 2.64 bits per heavy atom. The SMILES string of the molecule is O=C(Cc1ccc2c(c1)OCO2)Nc1ccc(-c2nc3ccccc3o2)cc1. The largest absolute Gasteiger partial charge is 0.454 e. The molecule has 0 atom stereocenters. The molecule has 0 saturated carbocycles. The van der Waals surface area contributed by atoms with Gasteiger partial charge < -0.3 is 19.2 Å². The first-order valence-electron chi connectivity index (χ1n) is 8.89. The van der Waals surface area contributed by atoms with E-state index in [9.17, 15) is 4.79 Å². The van der Waals surface area contributed by atoms with Gasteiger partial charge in [0, 0.05) is 11.3 Å². The van der Waals surface area contributed by atoms with Crippen molar-refractivity contribution >= 4 is 22.7 Å². The van der Waals surface area contributed by atoms with E-state index < -0.39 is 0 Å². The molecule has 1 aromatic heterocycles. The van der Waals surface area contributed by atoms with Gasteiger partial charge >= 0.3 is 0 Å². The number of carbonyl (C=O) groups excluding carboxylic acids is 1. The summed E-state index contributed by atoms with van der Waals surface area (Å²) in [5.74, 6) is 1.83. The number of hydrogen-bond donors (Lipinski definition) is 1. The molecule has 1 N–H and O–H groups in total. The van der Waals surface area contributed by atoms with Gasteiger partial charge in [0.2, 0.25) is 18.6 Å². The van der Waals surface area contributed by atoms with Crippen molar-refractivity contribution in [1.29, 1.82) is 0 Å². The second kappa shape index (κ2) is 6.74. The number of para-hydroxylation sites is 2. The molecule has 0 aliphatic carbocycles. The van der Waals surface area contributed by atoms with Crippen LogP contribution in [0, 0.1) is 0 Å². The maximum absolute atomic E-state index is 12.3. The maximum Gasteiger partial charge on any atom is 0.231 e. The van der Waals surface area contributed by atoms with Crippen LogP contribution in [0.25, 0.3) is 22.6 Å². The van der Waals surface area contributed by atoms with Gasteiger partial charge in [-0.15, -0.1) is 0 Å².